The summed E-state index contributed by atoms with van der Waals surface area (Å²) in [6.45, 7) is 3.30. The zero-order chi connectivity index (χ0) is 11.5. The fourth-order valence-electron chi connectivity index (χ4n) is 2.23. The second kappa shape index (κ2) is 4.80. The highest BCUT2D eigenvalue weighted by molar-refractivity contribution is 5.95. The van der Waals surface area contributed by atoms with Crippen molar-refractivity contribution in [3.05, 3.63) is 24.0 Å². The first kappa shape index (κ1) is 11.4. The monoisotopic (exact) mass is 222 g/mol. The maximum absolute atomic E-state index is 11.9. The minimum Gasteiger partial charge on any atom is -0.377 e. The van der Waals surface area contributed by atoms with Gasteiger partial charge >= 0.3 is 0 Å². The molecule has 4 heteroatoms. The van der Waals surface area contributed by atoms with E-state index in [1.165, 1.54) is 0 Å². The summed E-state index contributed by atoms with van der Waals surface area (Å²) in [5, 5.41) is 0. The Morgan fingerprint density at radius 2 is 2.50 bits per heavy atom. The molecular weight excluding hydrogens is 204 g/mol. The van der Waals surface area contributed by atoms with Crippen molar-refractivity contribution in [2.24, 2.45) is 0 Å². The number of ketones is 1. The smallest absolute Gasteiger partial charge is 0.192 e. The molecule has 2 unspecified atom stereocenters. The van der Waals surface area contributed by atoms with E-state index in [1.807, 2.05) is 19.2 Å². The molecule has 0 spiro atoms. The number of hydrogen-bond acceptors (Lipinski definition) is 3. The van der Waals surface area contributed by atoms with Gasteiger partial charge in [-0.05, 0) is 32.5 Å². The largest absolute Gasteiger partial charge is 0.377 e. The van der Waals surface area contributed by atoms with Crippen LogP contribution >= 0.6 is 0 Å². The van der Waals surface area contributed by atoms with Crippen LogP contribution in [0.3, 0.4) is 0 Å². The molecule has 0 aromatic carbocycles. The van der Waals surface area contributed by atoms with E-state index in [1.54, 1.807) is 6.20 Å². The van der Waals surface area contributed by atoms with Gasteiger partial charge in [-0.2, -0.15) is 0 Å². The molecule has 1 saturated heterocycles. The molecule has 0 radical (unpaired) electrons. The third-order valence-electron chi connectivity index (χ3n) is 3.19. The summed E-state index contributed by atoms with van der Waals surface area (Å²) in [4.78, 5) is 16.9. The third kappa shape index (κ3) is 2.33. The standard InChI is InChI=1S/C12H18N2O2/c1-9-11(5-7-16-9)14(2)8-12(15)10-4-3-6-13-10/h3-4,6,9,11,13H,5,7-8H2,1-2H3. The summed E-state index contributed by atoms with van der Waals surface area (Å²) in [5.74, 6) is 0.131. The molecule has 2 rings (SSSR count). The van der Waals surface area contributed by atoms with Gasteiger partial charge in [0.15, 0.2) is 5.78 Å². The number of carbonyl (C=O) groups is 1. The van der Waals surface area contributed by atoms with E-state index in [-0.39, 0.29) is 11.9 Å². The molecule has 2 heterocycles. The Kier molecular flexibility index (Phi) is 3.41. The Hall–Kier alpha value is -1.13. The van der Waals surface area contributed by atoms with Crippen molar-refractivity contribution in [2.45, 2.75) is 25.5 Å². The normalized spacial score (nSPS) is 25.2. The van der Waals surface area contributed by atoms with Gasteiger partial charge in [0, 0.05) is 18.8 Å². The van der Waals surface area contributed by atoms with Crippen LogP contribution in [0.25, 0.3) is 0 Å². The first-order valence-corrected chi connectivity index (χ1v) is 5.67. The Labute approximate surface area is 95.6 Å². The fourth-order valence-corrected chi connectivity index (χ4v) is 2.23. The molecule has 0 bridgehead atoms. The van der Waals surface area contributed by atoms with Gasteiger partial charge in [0.2, 0.25) is 0 Å². The predicted octanol–water partition coefficient (Wildman–Crippen LogP) is 1.31. The first-order chi connectivity index (χ1) is 7.68. The number of nitrogens with one attached hydrogen (secondary N) is 1. The van der Waals surface area contributed by atoms with Crippen molar-refractivity contribution in [3.63, 3.8) is 0 Å². The number of aromatic amines is 1. The molecule has 1 aliphatic heterocycles. The van der Waals surface area contributed by atoms with Crippen LogP contribution in [0.2, 0.25) is 0 Å². The summed E-state index contributed by atoms with van der Waals surface area (Å²) < 4.78 is 5.50. The van der Waals surface area contributed by atoms with Gasteiger partial charge in [-0.15, -0.1) is 0 Å². The third-order valence-corrected chi connectivity index (χ3v) is 3.19. The first-order valence-electron chi connectivity index (χ1n) is 5.67. The Morgan fingerprint density at radius 3 is 3.06 bits per heavy atom. The molecule has 16 heavy (non-hydrogen) atoms. The van der Waals surface area contributed by atoms with Crippen molar-refractivity contribution >= 4 is 5.78 Å². The minimum atomic E-state index is 0.131. The summed E-state index contributed by atoms with van der Waals surface area (Å²) in [6.07, 6.45) is 3.01. The van der Waals surface area contributed by atoms with Gasteiger partial charge in [-0.3, -0.25) is 9.69 Å². The number of ether oxygens (including phenoxy) is 1. The van der Waals surface area contributed by atoms with Crippen LogP contribution in [0.5, 0.6) is 0 Å². The molecular formula is C12H18N2O2. The van der Waals surface area contributed by atoms with Crippen molar-refractivity contribution in [2.75, 3.05) is 20.2 Å². The Balaban J connectivity index is 1.92. The molecule has 0 amide bonds. The Bertz CT molecular complexity index is 348. The number of rotatable bonds is 4. The molecule has 88 valence electrons. The van der Waals surface area contributed by atoms with E-state index in [4.69, 9.17) is 4.74 Å². The minimum absolute atomic E-state index is 0.131. The molecule has 0 aliphatic carbocycles. The number of nitrogens with zero attached hydrogens (tertiary/aromatic N) is 1. The van der Waals surface area contributed by atoms with Crippen LogP contribution in [-0.4, -0.2) is 48.0 Å². The van der Waals surface area contributed by atoms with Crippen molar-refractivity contribution in [1.29, 1.82) is 0 Å². The van der Waals surface area contributed by atoms with Gasteiger partial charge < -0.3 is 9.72 Å². The quantitative estimate of drug-likeness (QED) is 0.781. The lowest BCUT2D eigenvalue weighted by atomic mass is 10.1. The lowest BCUT2D eigenvalue weighted by molar-refractivity contribution is 0.0743. The fraction of sp³-hybridized carbons (Fsp3) is 0.583. The maximum atomic E-state index is 11.9. The number of Topliss-reactive ketones (excluding diaryl/α,β-unsaturated/α-hetero) is 1. The molecule has 1 aromatic rings. The molecule has 0 saturated carbocycles. The Morgan fingerprint density at radius 1 is 1.69 bits per heavy atom. The van der Waals surface area contributed by atoms with Gasteiger partial charge in [0.25, 0.3) is 0 Å². The second-order valence-corrected chi connectivity index (χ2v) is 4.35. The van der Waals surface area contributed by atoms with E-state index in [9.17, 15) is 4.79 Å². The van der Waals surface area contributed by atoms with Crippen molar-refractivity contribution < 1.29 is 9.53 Å². The lowest BCUT2D eigenvalue weighted by Crippen LogP contribution is -2.39. The van der Waals surface area contributed by atoms with Crippen LogP contribution in [0, 0.1) is 0 Å². The van der Waals surface area contributed by atoms with E-state index in [0.717, 1.165) is 13.0 Å². The molecule has 2 atom stereocenters. The van der Waals surface area contributed by atoms with Crippen LogP contribution in [0.4, 0.5) is 0 Å². The highest BCUT2D eigenvalue weighted by atomic mass is 16.5. The van der Waals surface area contributed by atoms with E-state index in [0.29, 0.717) is 18.3 Å². The van der Waals surface area contributed by atoms with Gasteiger partial charge in [0.05, 0.1) is 18.3 Å². The molecule has 1 N–H and O–H groups in total. The summed E-state index contributed by atoms with van der Waals surface area (Å²) in [6, 6.07) is 4.01. The van der Waals surface area contributed by atoms with Crippen molar-refractivity contribution in [3.8, 4) is 0 Å². The van der Waals surface area contributed by atoms with Gasteiger partial charge in [-0.1, -0.05) is 0 Å². The topological polar surface area (TPSA) is 45.3 Å². The van der Waals surface area contributed by atoms with Gasteiger partial charge in [-0.25, -0.2) is 0 Å². The number of hydrogen-bond donors (Lipinski definition) is 1. The van der Waals surface area contributed by atoms with Crippen LogP contribution < -0.4 is 0 Å². The second-order valence-electron chi connectivity index (χ2n) is 4.35. The highest BCUT2D eigenvalue weighted by Crippen LogP contribution is 2.18. The number of aromatic nitrogens is 1. The van der Waals surface area contributed by atoms with Crippen LogP contribution in [-0.2, 0) is 4.74 Å². The zero-order valence-corrected chi connectivity index (χ0v) is 9.77. The number of H-pyrrole nitrogens is 1. The summed E-state index contributed by atoms with van der Waals surface area (Å²) in [5.41, 5.74) is 0.679. The average Bonchev–Trinajstić information content (AvgIpc) is 2.86. The SMILES string of the molecule is CC1OCCC1N(C)CC(=O)c1ccc[nH]1. The van der Waals surface area contributed by atoms with E-state index >= 15 is 0 Å². The van der Waals surface area contributed by atoms with Crippen LogP contribution in [0.1, 0.15) is 23.8 Å². The van der Waals surface area contributed by atoms with E-state index in [2.05, 4.69) is 16.8 Å². The molecule has 1 aliphatic rings. The highest BCUT2D eigenvalue weighted by Gasteiger charge is 2.28. The molecule has 1 fully saturated rings. The molecule has 1 aromatic heterocycles. The van der Waals surface area contributed by atoms with Crippen LogP contribution in [0.15, 0.2) is 18.3 Å². The number of likely N-dealkylation sites (N-methyl/N-ethyl adjacent to an activating group) is 1. The zero-order valence-electron chi connectivity index (χ0n) is 9.77. The lowest BCUT2D eigenvalue weighted by Gasteiger charge is -2.25. The maximum Gasteiger partial charge on any atom is 0.192 e. The summed E-state index contributed by atoms with van der Waals surface area (Å²) >= 11 is 0. The van der Waals surface area contributed by atoms with Crippen molar-refractivity contribution in [1.82, 2.24) is 9.88 Å². The summed E-state index contributed by atoms with van der Waals surface area (Å²) in [7, 11) is 1.98. The average molecular weight is 222 g/mol. The predicted molar refractivity (Wildman–Crippen MR) is 61.6 cm³/mol. The van der Waals surface area contributed by atoms with Gasteiger partial charge in [0.1, 0.15) is 0 Å². The number of carbonyl (C=O) groups excluding carboxylic acids is 1. The van der Waals surface area contributed by atoms with E-state index < -0.39 is 0 Å². The molecule has 4 nitrogen and oxygen atoms in total.